The number of carbonyl (C=O) groups excluding carboxylic acids is 2. The van der Waals surface area contributed by atoms with Crippen molar-refractivity contribution in [2.24, 2.45) is 5.92 Å². The number of Topliss-reactive ketones (excluding diaryl/α,β-unsaturated/α-hetero) is 1. The van der Waals surface area contributed by atoms with Crippen LogP contribution in [0.5, 0.6) is 5.75 Å². The smallest absolute Gasteiger partial charge is 0.246 e. The fourth-order valence-corrected chi connectivity index (χ4v) is 3.88. The van der Waals surface area contributed by atoms with Crippen LogP contribution in [0.15, 0.2) is 47.9 Å². The van der Waals surface area contributed by atoms with Crippen molar-refractivity contribution in [2.75, 3.05) is 13.1 Å². The summed E-state index contributed by atoms with van der Waals surface area (Å²) in [6, 6.07) is 11.3. The van der Waals surface area contributed by atoms with E-state index in [0.29, 0.717) is 24.4 Å². The maximum absolute atomic E-state index is 12.9. The minimum Gasteiger partial charge on any atom is -0.491 e. The highest BCUT2D eigenvalue weighted by atomic mass is 32.1. The third-order valence-electron chi connectivity index (χ3n) is 4.53. The molecule has 0 spiro atoms. The lowest BCUT2D eigenvalue weighted by atomic mass is 9.90. The fraction of sp³-hybridized carbons (Fsp3) is 0.364. The summed E-state index contributed by atoms with van der Waals surface area (Å²) in [5, 5.41) is 1.98. The van der Waals surface area contributed by atoms with E-state index in [-0.39, 0.29) is 23.7 Å². The Hall–Kier alpha value is -2.40. The van der Waals surface area contributed by atoms with Crippen molar-refractivity contribution in [1.82, 2.24) is 4.90 Å². The topological polar surface area (TPSA) is 46.6 Å². The van der Waals surface area contributed by atoms with E-state index >= 15 is 0 Å². The Morgan fingerprint density at radius 3 is 2.85 bits per heavy atom. The van der Waals surface area contributed by atoms with Crippen LogP contribution in [0.1, 0.15) is 41.9 Å². The number of nitrogens with zero attached hydrogens (tertiary/aromatic N) is 1. The lowest BCUT2D eigenvalue weighted by molar-refractivity contribution is -0.127. The fourth-order valence-electron chi connectivity index (χ4n) is 3.27. The van der Waals surface area contributed by atoms with Gasteiger partial charge in [0.25, 0.3) is 0 Å². The van der Waals surface area contributed by atoms with Crippen LogP contribution in [0.25, 0.3) is 6.08 Å². The van der Waals surface area contributed by atoms with Crippen LogP contribution in [-0.4, -0.2) is 35.8 Å². The number of ether oxygens (including phenoxy) is 1. The highest BCUT2D eigenvalue weighted by Crippen LogP contribution is 2.24. The van der Waals surface area contributed by atoms with Crippen LogP contribution in [-0.2, 0) is 4.79 Å². The number of likely N-dealkylation sites (tertiary alicyclic amines) is 1. The quantitative estimate of drug-likeness (QED) is 0.538. The molecule has 1 fully saturated rings. The van der Waals surface area contributed by atoms with Crippen molar-refractivity contribution < 1.29 is 14.3 Å². The second kappa shape index (κ2) is 9.00. The zero-order valence-electron chi connectivity index (χ0n) is 15.8. The molecule has 1 aromatic carbocycles. The molecule has 2 aromatic rings. The zero-order valence-corrected chi connectivity index (χ0v) is 16.6. The van der Waals surface area contributed by atoms with Gasteiger partial charge in [0.1, 0.15) is 5.75 Å². The summed E-state index contributed by atoms with van der Waals surface area (Å²) in [4.78, 5) is 28.3. The molecule has 0 saturated carbocycles. The number of rotatable bonds is 6. The second-order valence-corrected chi connectivity index (χ2v) is 8.01. The Bertz CT molecular complexity index is 811. The van der Waals surface area contributed by atoms with E-state index in [1.807, 2.05) is 55.6 Å². The van der Waals surface area contributed by atoms with Crippen LogP contribution >= 0.6 is 11.3 Å². The highest BCUT2D eigenvalue weighted by Gasteiger charge is 2.28. The molecule has 1 unspecified atom stereocenters. The summed E-state index contributed by atoms with van der Waals surface area (Å²) >= 11 is 1.60. The lowest BCUT2D eigenvalue weighted by Gasteiger charge is -2.31. The average molecular weight is 384 g/mol. The molecule has 0 aliphatic carbocycles. The molecule has 142 valence electrons. The summed E-state index contributed by atoms with van der Waals surface area (Å²) in [6.45, 7) is 5.10. The van der Waals surface area contributed by atoms with Crippen molar-refractivity contribution in [3.8, 4) is 5.75 Å². The summed E-state index contributed by atoms with van der Waals surface area (Å²) in [5.74, 6) is 0.604. The van der Waals surface area contributed by atoms with E-state index < -0.39 is 0 Å². The Labute approximate surface area is 164 Å². The minimum absolute atomic E-state index is 0.0298. The van der Waals surface area contributed by atoms with Gasteiger partial charge >= 0.3 is 0 Å². The van der Waals surface area contributed by atoms with E-state index in [1.54, 1.807) is 28.4 Å². The van der Waals surface area contributed by atoms with E-state index in [4.69, 9.17) is 4.74 Å². The van der Waals surface area contributed by atoms with Gasteiger partial charge in [-0.05, 0) is 56.3 Å². The molecule has 1 aliphatic rings. The molecule has 0 radical (unpaired) electrons. The Morgan fingerprint density at radius 1 is 1.26 bits per heavy atom. The summed E-state index contributed by atoms with van der Waals surface area (Å²) < 4.78 is 5.69. The largest absolute Gasteiger partial charge is 0.491 e. The Kier molecular flexibility index (Phi) is 6.45. The molecular weight excluding hydrogens is 358 g/mol. The maximum atomic E-state index is 12.9. The number of carbonyl (C=O) groups is 2. The SMILES string of the molecule is CC(C)Oc1cccc(C(=O)C2CCCN(C(=O)C=Cc3cccs3)C2)c1. The van der Waals surface area contributed by atoms with Crippen LogP contribution in [0.3, 0.4) is 0 Å². The van der Waals surface area contributed by atoms with Crippen molar-refractivity contribution in [3.05, 3.63) is 58.3 Å². The van der Waals surface area contributed by atoms with Gasteiger partial charge in [-0.2, -0.15) is 0 Å². The number of benzene rings is 1. The highest BCUT2D eigenvalue weighted by molar-refractivity contribution is 7.10. The predicted octanol–water partition coefficient (Wildman–Crippen LogP) is 4.67. The molecule has 0 bridgehead atoms. The third-order valence-corrected chi connectivity index (χ3v) is 5.37. The first-order chi connectivity index (χ1) is 13.0. The molecule has 27 heavy (non-hydrogen) atoms. The summed E-state index contributed by atoms with van der Waals surface area (Å²) in [7, 11) is 0. The van der Waals surface area contributed by atoms with Crippen LogP contribution < -0.4 is 4.74 Å². The second-order valence-electron chi connectivity index (χ2n) is 7.03. The molecule has 1 atom stereocenters. The maximum Gasteiger partial charge on any atom is 0.246 e. The Morgan fingerprint density at radius 2 is 2.11 bits per heavy atom. The molecule has 4 nitrogen and oxygen atoms in total. The molecule has 5 heteroatoms. The summed E-state index contributed by atoms with van der Waals surface area (Å²) in [6.07, 6.45) is 5.17. The first kappa shape index (κ1) is 19.4. The Balaban J connectivity index is 1.65. The van der Waals surface area contributed by atoms with Gasteiger partial charge in [-0.25, -0.2) is 0 Å². The molecule has 2 heterocycles. The monoisotopic (exact) mass is 383 g/mol. The van der Waals surface area contributed by atoms with Gasteiger partial charge < -0.3 is 9.64 Å². The molecule has 1 aliphatic heterocycles. The summed E-state index contributed by atoms with van der Waals surface area (Å²) in [5.41, 5.74) is 0.654. The molecule has 0 N–H and O–H groups in total. The predicted molar refractivity (Wildman–Crippen MR) is 109 cm³/mol. The van der Waals surface area contributed by atoms with Crippen LogP contribution in [0, 0.1) is 5.92 Å². The normalized spacial score (nSPS) is 17.4. The number of ketones is 1. The zero-order chi connectivity index (χ0) is 19.2. The van der Waals surface area contributed by atoms with Crippen molar-refractivity contribution in [1.29, 1.82) is 0 Å². The van der Waals surface area contributed by atoms with Crippen molar-refractivity contribution in [2.45, 2.75) is 32.8 Å². The standard InChI is InChI=1S/C22H25NO3S/c1-16(2)26-19-8-3-6-17(14-19)22(25)18-7-4-12-23(15-18)21(24)11-10-20-9-5-13-27-20/h3,5-6,8-11,13-14,16,18H,4,7,12,15H2,1-2H3. The number of piperidine rings is 1. The van der Waals surface area contributed by atoms with Gasteiger partial charge in [-0.3, -0.25) is 9.59 Å². The number of amides is 1. The third kappa shape index (κ3) is 5.30. The van der Waals surface area contributed by atoms with Crippen molar-refractivity contribution >= 4 is 29.1 Å². The molecule has 1 aromatic heterocycles. The van der Waals surface area contributed by atoms with Gasteiger partial charge in [-0.15, -0.1) is 11.3 Å². The van der Waals surface area contributed by atoms with E-state index in [9.17, 15) is 9.59 Å². The molecule has 1 saturated heterocycles. The van der Waals surface area contributed by atoms with Crippen LogP contribution in [0.2, 0.25) is 0 Å². The number of hydrogen-bond acceptors (Lipinski definition) is 4. The number of hydrogen-bond donors (Lipinski definition) is 0. The van der Waals surface area contributed by atoms with Gasteiger partial charge in [-0.1, -0.05) is 18.2 Å². The van der Waals surface area contributed by atoms with Crippen molar-refractivity contribution in [3.63, 3.8) is 0 Å². The first-order valence-electron chi connectivity index (χ1n) is 9.34. The van der Waals surface area contributed by atoms with E-state index in [2.05, 4.69) is 0 Å². The van der Waals surface area contributed by atoms with Gasteiger partial charge in [0.05, 0.1) is 6.10 Å². The van der Waals surface area contributed by atoms with E-state index in [1.165, 1.54) is 0 Å². The first-order valence-corrected chi connectivity index (χ1v) is 10.2. The van der Waals surface area contributed by atoms with E-state index in [0.717, 1.165) is 17.7 Å². The van der Waals surface area contributed by atoms with Gasteiger partial charge in [0, 0.05) is 35.5 Å². The lowest BCUT2D eigenvalue weighted by Crippen LogP contribution is -2.41. The van der Waals surface area contributed by atoms with Gasteiger partial charge in [0.15, 0.2) is 5.78 Å². The molecule has 3 rings (SSSR count). The number of thiophene rings is 1. The minimum atomic E-state index is -0.160. The van der Waals surface area contributed by atoms with Gasteiger partial charge in [0.2, 0.25) is 5.91 Å². The molecule has 1 amide bonds. The average Bonchev–Trinajstić information content (AvgIpc) is 3.19. The molecular formula is C22H25NO3S. The van der Waals surface area contributed by atoms with Crippen LogP contribution in [0.4, 0.5) is 0 Å².